The van der Waals surface area contributed by atoms with E-state index in [-0.39, 0.29) is 0 Å². The molecule has 2 N–H and O–H groups in total. The van der Waals surface area contributed by atoms with E-state index < -0.39 is 11.5 Å². The summed E-state index contributed by atoms with van der Waals surface area (Å²) in [6.07, 6.45) is 2.31. The highest BCUT2D eigenvalue weighted by Crippen LogP contribution is 2.26. The van der Waals surface area contributed by atoms with Crippen molar-refractivity contribution < 1.29 is 9.90 Å². The van der Waals surface area contributed by atoms with E-state index in [1.165, 1.54) is 11.3 Å². The molecule has 1 aromatic carbocycles. The van der Waals surface area contributed by atoms with E-state index >= 15 is 0 Å². The minimum Gasteiger partial charge on any atom is -0.480 e. The lowest BCUT2D eigenvalue weighted by Crippen LogP contribution is -2.57. The molecular weight excluding hydrogens is 240 g/mol. The van der Waals surface area contributed by atoms with Gasteiger partial charge in [0.05, 0.1) is 0 Å². The van der Waals surface area contributed by atoms with Crippen LogP contribution in [0, 0.1) is 0 Å². The second kappa shape index (κ2) is 5.61. The van der Waals surface area contributed by atoms with Gasteiger partial charge in [0.25, 0.3) is 0 Å². The Morgan fingerprint density at radius 3 is 2.32 bits per heavy atom. The zero-order valence-corrected chi connectivity index (χ0v) is 11.6. The minimum absolute atomic E-state index is 0.633. The molecule has 1 heterocycles. The summed E-state index contributed by atoms with van der Waals surface area (Å²) in [6.45, 7) is 3.70. The third-order valence-electron chi connectivity index (χ3n) is 4.21. The molecule has 2 rings (SSSR count). The normalized spacial score (nSPS) is 18.3. The van der Waals surface area contributed by atoms with Gasteiger partial charge in [-0.25, -0.2) is 0 Å². The van der Waals surface area contributed by atoms with E-state index in [0.717, 1.165) is 19.5 Å². The Morgan fingerprint density at radius 2 is 1.89 bits per heavy atom. The number of anilines is 1. The van der Waals surface area contributed by atoms with E-state index in [1.54, 1.807) is 7.05 Å². The second-order valence-corrected chi connectivity index (χ2v) is 5.14. The number of piperidine rings is 1. The van der Waals surface area contributed by atoms with Crippen LogP contribution in [-0.2, 0) is 11.2 Å². The van der Waals surface area contributed by atoms with E-state index in [4.69, 9.17) is 0 Å². The van der Waals surface area contributed by atoms with Crippen LogP contribution in [0.1, 0.15) is 25.3 Å². The van der Waals surface area contributed by atoms with Crippen molar-refractivity contribution in [2.45, 2.75) is 31.7 Å². The standard InChI is InChI=1S/C15H22N2O2/c1-3-12-4-6-13(7-5-12)17-10-8-15(16-2,9-11-17)14(18)19/h4-7,16H,3,8-11H2,1-2H3,(H,18,19). The molecule has 0 aliphatic carbocycles. The number of carboxylic acid groups (broad SMARTS) is 1. The number of likely N-dealkylation sites (N-methyl/N-ethyl adjacent to an activating group) is 1. The molecule has 0 unspecified atom stereocenters. The van der Waals surface area contributed by atoms with Gasteiger partial charge in [-0.2, -0.15) is 0 Å². The third kappa shape index (κ3) is 2.73. The van der Waals surface area contributed by atoms with Crippen LogP contribution in [0.25, 0.3) is 0 Å². The smallest absolute Gasteiger partial charge is 0.324 e. The first-order valence-corrected chi connectivity index (χ1v) is 6.87. The number of hydrogen-bond donors (Lipinski definition) is 2. The number of benzene rings is 1. The van der Waals surface area contributed by atoms with Gasteiger partial charge < -0.3 is 15.3 Å². The van der Waals surface area contributed by atoms with Crippen molar-refractivity contribution in [1.29, 1.82) is 0 Å². The highest BCUT2D eigenvalue weighted by molar-refractivity contribution is 5.79. The lowest BCUT2D eigenvalue weighted by Gasteiger charge is -2.39. The fraction of sp³-hybridized carbons (Fsp3) is 0.533. The Bertz CT molecular complexity index is 434. The van der Waals surface area contributed by atoms with Gasteiger partial charge in [-0.05, 0) is 44.0 Å². The van der Waals surface area contributed by atoms with Crippen molar-refractivity contribution in [3.05, 3.63) is 29.8 Å². The van der Waals surface area contributed by atoms with Crippen molar-refractivity contribution >= 4 is 11.7 Å². The number of nitrogens with zero attached hydrogens (tertiary/aromatic N) is 1. The van der Waals surface area contributed by atoms with Crippen LogP contribution >= 0.6 is 0 Å². The maximum absolute atomic E-state index is 11.4. The molecule has 1 aromatic rings. The molecule has 0 radical (unpaired) electrons. The monoisotopic (exact) mass is 262 g/mol. The van der Waals surface area contributed by atoms with E-state index in [2.05, 4.69) is 41.4 Å². The van der Waals surface area contributed by atoms with Gasteiger partial charge >= 0.3 is 5.97 Å². The van der Waals surface area contributed by atoms with Crippen LogP contribution in [0.3, 0.4) is 0 Å². The Hall–Kier alpha value is -1.55. The molecule has 1 aliphatic heterocycles. The number of nitrogens with one attached hydrogen (secondary N) is 1. The molecule has 19 heavy (non-hydrogen) atoms. The molecule has 0 bridgehead atoms. The molecular formula is C15H22N2O2. The maximum atomic E-state index is 11.4. The lowest BCUT2D eigenvalue weighted by atomic mass is 9.87. The highest BCUT2D eigenvalue weighted by Gasteiger charge is 2.40. The van der Waals surface area contributed by atoms with Gasteiger partial charge in [0.1, 0.15) is 5.54 Å². The third-order valence-corrected chi connectivity index (χ3v) is 4.21. The second-order valence-electron chi connectivity index (χ2n) is 5.14. The molecule has 4 heteroatoms. The highest BCUT2D eigenvalue weighted by atomic mass is 16.4. The number of aryl methyl sites for hydroxylation is 1. The number of aliphatic carboxylic acids is 1. The van der Waals surface area contributed by atoms with E-state index in [0.29, 0.717) is 12.8 Å². The summed E-state index contributed by atoms with van der Waals surface area (Å²) in [5.74, 6) is -0.740. The fourth-order valence-electron chi connectivity index (χ4n) is 2.66. The summed E-state index contributed by atoms with van der Waals surface area (Å²) < 4.78 is 0. The summed E-state index contributed by atoms with van der Waals surface area (Å²) in [4.78, 5) is 13.6. The quantitative estimate of drug-likeness (QED) is 0.870. The Balaban J connectivity index is 2.04. The van der Waals surface area contributed by atoms with Crippen LogP contribution in [0.4, 0.5) is 5.69 Å². The zero-order chi connectivity index (χ0) is 13.9. The van der Waals surface area contributed by atoms with E-state index in [1.807, 2.05) is 0 Å². The first-order chi connectivity index (χ1) is 9.11. The predicted octanol–water partition coefficient (Wildman–Crippen LogP) is 1.89. The van der Waals surface area contributed by atoms with Crippen molar-refractivity contribution in [2.24, 2.45) is 0 Å². The van der Waals surface area contributed by atoms with Crippen molar-refractivity contribution in [3.63, 3.8) is 0 Å². The summed E-state index contributed by atoms with van der Waals surface area (Å²) in [7, 11) is 1.74. The van der Waals surface area contributed by atoms with Gasteiger partial charge in [-0.1, -0.05) is 19.1 Å². The summed E-state index contributed by atoms with van der Waals surface area (Å²) in [6, 6.07) is 8.55. The van der Waals surface area contributed by atoms with Gasteiger partial charge in [0.2, 0.25) is 0 Å². The molecule has 0 spiro atoms. The van der Waals surface area contributed by atoms with E-state index in [9.17, 15) is 9.90 Å². The average molecular weight is 262 g/mol. The first kappa shape index (κ1) is 13.9. The lowest BCUT2D eigenvalue weighted by molar-refractivity contribution is -0.145. The first-order valence-electron chi connectivity index (χ1n) is 6.87. The van der Waals surface area contributed by atoms with Gasteiger partial charge in [-0.15, -0.1) is 0 Å². The number of carbonyl (C=O) groups is 1. The van der Waals surface area contributed by atoms with Crippen LogP contribution in [0.15, 0.2) is 24.3 Å². The summed E-state index contributed by atoms with van der Waals surface area (Å²) in [5.41, 5.74) is 1.77. The van der Waals surface area contributed by atoms with Crippen LogP contribution in [0.5, 0.6) is 0 Å². The topological polar surface area (TPSA) is 52.6 Å². The molecule has 0 atom stereocenters. The predicted molar refractivity (Wildman–Crippen MR) is 76.7 cm³/mol. The maximum Gasteiger partial charge on any atom is 0.324 e. The van der Waals surface area contributed by atoms with Gasteiger partial charge in [0.15, 0.2) is 0 Å². The number of carboxylic acids is 1. The zero-order valence-electron chi connectivity index (χ0n) is 11.6. The summed E-state index contributed by atoms with van der Waals surface area (Å²) >= 11 is 0. The average Bonchev–Trinajstić information content (AvgIpc) is 2.47. The van der Waals surface area contributed by atoms with Crippen molar-refractivity contribution in [1.82, 2.24) is 5.32 Å². The fourth-order valence-corrected chi connectivity index (χ4v) is 2.66. The van der Waals surface area contributed by atoms with Gasteiger partial charge in [-0.3, -0.25) is 4.79 Å². The molecule has 0 saturated carbocycles. The Morgan fingerprint density at radius 1 is 1.32 bits per heavy atom. The van der Waals surface area contributed by atoms with Crippen molar-refractivity contribution in [3.8, 4) is 0 Å². The molecule has 0 amide bonds. The molecule has 1 saturated heterocycles. The largest absolute Gasteiger partial charge is 0.480 e. The Labute approximate surface area is 114 Å². The van der Waals surface area contributed by atoms with Crippen LogP contribution in [-0.4, -0.2) is 36.8 Å². The Kier molecular flexibility index (Phi) is 4.10. The van der Waals surface area contributed by atoms with Crippen LogP contribution in [0.2, 0.25) is 0 Å². The molecule has 104 valence electrons. The molecule has 1 aliphatic rings. The summed E-state index contributed by atoms with van der Waals surface area (Å²) in [5, 5.41) is 12.3. The van der Waals surface area contributed by atoms with Crippen molar-refractivity contribution in [2.75, 3.05) is 25.0 Å². The molecule has 0 aromatic heterocycles. The number of rotatable bonds is 4. The number of hydrogen-bond acceptors (Lipinski definition) is 3. The molecule has 4 nitrogen and oxygen atoms in total. The molecule has 1 fully saturated rings. The van der Waals surface area contributed by atoms with Crippen LogP contribution < -0.4 is 10.2 Å². The van der Waals surface area contributed by atoms with Gasteiger partial charge in [0, 0.05) is 18.8 Å². The SMILES string of the molecule is CCc1ccc(N2CCC(NC)(C(=O)O)CC2)cc1. The minimum atomic E-state index is -0.750.